The van der Waals surface area contributed by atoms with Crippen LogP contribution in [0.4, 0.5) is 5.82 Å². The molecule has 0 unspecified atom stereocenters. The molecule has 0 spiro atoms. The minimum atomic E-state index is -0.255. The van der Waals surface area contributed by atoms with E-state index in [0.717, 1.165) is 37.7 Å². The maximum Gasteiger partial charge on any atom is 0.227 e. The van der Waals surface area contributed by atoms with Crippen LogP contribution in [-0.4, -0.2) is 43.0 Å². The Balaban J connectivity index is 1.85. The summed E-state index contributed by atoms with van der Waals surface area (Å²) in [7, 11) is 0. The Morgan fingerprint density at radius 3 is 2.70 bits per heavy atom. The molecule has 0 bridgehead atoms. The maximum atomic E-state index is 11.4. The van der Waals surface area contributed by atoms with E-state index in [-0.39, 0.29) is 18.1 Å². The molecule has 1 aliphatic rings. The molecule has 20 heavy (non-hydrogen) atoms. The van der Waals surface area contributed by atoms with E-state index in [1.165, 1.54) is 6.92 Å². The van der Waals surface area contributed by atoms with Crippen molar-refractivity contribution in [2.45, 2.75) is 19.9 Å². The van der Waals surface area contributed by atoms with Crippen molar-refractivity contribution in [2.24, 2.45) is 0 Å². The van der Waals surface area contributed by atoms with Crippen molar-refractivity contribution in [3.8, 4) is 0 Å². The summed E-state index contributed by atoms with van der Waals surface area (Å²) in [6, 6.07) is 3.88. The molecule has 1 aromatic heterocycles. The zero-order valence-electron chi connectivity index (χ0n) is 11.6. The Labute approximate surface area is 118 Å². The van der Waals surface area contributed by atoms with Crippen molar-refractivity contribution in [3.63, 3.8) is 0 Å². The molecule has 0 radical (unpaired) electrons. The molecule has 1 fully saturated rings. The van der Waals surface area contributed by atoms with E-state index in [2.05, 4.69) is 15.2 Å². The number of ketones is 1. The van der Waals surface area contributed by atoms with Crippen LogP contribution in [0.25, 0.3) is 0 Å². The molecule has 1 aliphatic heterocycles. The van der Waals surface area contributed by atoms with Gasteiger partial charge in [-0.05, 0) is 18.6 Å². The van der Waals surface area contributed by atoms with E-state index in [0.29, 0.717) is 6.54 Å². The number of amides is 1. The van der Waals surface area contributed by atoms with Crippen molar-refractivity contribution in [2.75, 3.05) is 31.2 Å². The lowest BCUT2D eigenvalue weighted by Gasteiger charge is -2.27. The number of hydrogen-bond acceptors (Lipinski definition) is 5. The Bertz CT molecular complexity index is 467. The number of Topliss-reactive ketones (excluding diaryl/α,β-unsaturated/α-hetero) is 1. The lowest BCUT2D eigenvalue weighted by Crippen LogP contribution is -2.36. The van der Waals surface area contributed by atoms with Crippen molar-refractivity contribution in [1.29, 1.82) is 0 Å². The third-order valence-electron chi connectivity index (χ3n) is 3.04. The number of carbonyl (C=O) groups is 2. The largest absolute Gasteiger partial charge is 0.378 e. The van der Waals surface area contributed by atoms with Crippen LogP contribution in [0, 0.1) is 0 Å². The summed E-state index contributed by atoms with van der Waals surface area (Å²) in [4.78, 5) is 28.7. The molecular formula is C14H19N3O3. The van der Waals surface area contributed by atoms with Gasteiger partial charge in [-0.25, -0.2) is 4.98 Å². The highest BCUT2D eigenvalue weighted by Crippen LogP contribution is 2.12. The van der Waals surface area contributed by atoms with E-state index < -0.39 is 0 Å². The average Bonchev–Trinajstić information content (AvgIpc) is 2.46. The number of carbonyl (C=O) groups excluding carboxylic acids is 2. The van der Waals surface area contributed by atoms with Crippen molar-refractivity contribution in [1.82, 2.24) is 10.3 Å². The standard InChI is InChI=1S/C14H19N3O3/c1-11(18)8-14(19)16-10-12-2-3-13(15-9-12)17-4-6-20-7-5-17/h2-3,9H,4-8,10H2,1H3,(H,16,19). The summed E-state index contributed by atoms with van der Waals surface area (Å²) in [5.41, 5.74) is 0.916. The third kappa shape index (κ3) is 4.31. The fourth-order valence-corrected chi connectivity index (χ4v) is 1.99. The fraction of sp³-hybridized carbons (Fsp3) is 0.500. The predicted molar refractivity (Wildman–Crippen MR) is 74.4 cm³/mol. The second-order valence-electron chi connectivity index (χ2n) is 4.78. The fourth-order valence-electron chi connectivity index (χ4n) is 1.99. The number of aromatic nitrogens is 1. The summed E-state index contributed by atoms with van der Waals surface area (Å²) in [5, 5.41) is 2.70. The Morgan fingerprint density at radius 2 is 2.10 bits per heavy atom. The summed E-state index contributed by atoms with van der Waals surface area (Å²) < 4.78 is 5.30. The predicted octanol–water partition coefficient (Wildman–Crippen LogP) is 0.513. The number of rotatable bonds is 5. The van der Waals surface area contributed by atoms with E-state index >= 15 is 0 Å². The van der Waals surface area contributed by atoms with Gasteiger partial charge < -0.3 is 15.0 Å². The number of nitrogens with one attached hydrogen (secondary N) is 1. The average molecular weight is 277 g/mol. The lowest BCUT2D eigenvalue weighted by molar-refractivity contribution is -0.127. The number of pyridine rings is 1. The molecule has 6 nitrogen and oxygen atoms in total. The molecule has 108 valence electrons. The molecule has 0 aromatic carbocycles. The first-order valence-electron chi connectivity index (χ1n) is 6.69. The second-order valence-corrected chi connectivity index (χ2v) is 4.78. The van der Waals surface area contributed by atoms with Gasteiger partial charge in [0.05, 0.1) is 19.6 Å². The molecule has 1 saturated heterocycles. The third-order valence-corrected chi connectivity index (χ3v) is 3.04. The van der Waals surface area contributed by atoms with E-state index in [1.807, 2.05) is 12.1 Å². The van der Waals surface area contributed by atoms with Crippen molar-refractivity contribution in [3.05, 3.63) is 23.9 Å². The molecule has 0 saturated carbocycles. The summed E-state index contributed by atoms with van der Waals surface area (Å²) in [5.74, 6) is 0.533. The highest BCUT2D eigenvalue weighted by molar-refractivity contribution is 5.96. The molecule has 6 heteroatoms. The smallest absolute Gasteiger partial charge is 0.227 e. The monoisotopic (exact) mass is 277 g/mol. The van der Waals surface area contributed by atoms with Gasteiger partial charge in [0.25, 0.3) is 0 Å². The molecule has 1 N–H and O–H groups in total. The normalized spacial score (nSPS) is 14.9. The van der Waals surface area contributed by atoms with Gasteiger partial charge in [-0.3, -0.25) is 9.59 Å². The van der Waals surface area contributed by atoms with Gasteiger partial charge >= 0.3 is 0 Å². The number of nitrogens with zero attached hydrogens (tertiary/aromatic N) is 2. The van der Waals surface area contributed by atoms with Gasteiger partial charge in [0.15, 0.2) is 0 Å². The van der Waals surface area contributed by atoms with Gasteiger partial charge in [0.2, 0.25) is 5.91 Å². The first-order chi connectivity index (χ1) is 9.65. The summed E-state index contributed by atoms with van der Waals surface area (Å²) >= 11 is 0. The number of anilines is 1. The Morgan fingerprint density at radius 1 is 1.35 bits per heavy atom. The minimum Gasteiger partial charge on any atom is -0.378 e. The maximum absolute atomic E-state index is 11.4. The highest BCUT2D eigenvalue weighted by atomic mass is 16.5. The Hall–Kier alpha value is -1.95. The lowest BCUT2D eigenvalue weighted by atomic mass is 10.2. The van der Waals surface area contributed by atoms with Gasteiger partial charge in [-0.1, -0.05) is 6.07 Å². The van der Waals surface area contributed by atoms with Crippen LogP contribution in [0.15, 0.2) is 18.3 Å². The van der Waals surface area contributed by atoms with E-state index in [1.54, 1.807) is 6.20 Å². The van der Waals surface area contributed by atoms with Crippen LogP contribution < -0.4 is 10.2 Å². The van der Waals surface area contributed by atoms with Crippen LogP contribution in [0.2, 0.25) is 0 Å². The van der Waals surface area contributed by atoms with Crippen LogP contribution in [-0.2, 0) is 20.9 Å². The van der Waals surface area contributed by atoms with Gasteiger partial charge in [-0.2, -0.15) is 0 Å². The van der Waals surface area contributed by atoms with Gasteiger partial charge in [-0.15, -0.1) is 0 Å². The van der Waals surface area contributed by atoms with E-state index in [4.69, 9.17) is 4.74 Å². The molecule has 0 aliphatic carbocycles. The van der Waals surface area contributed by atoms with Crippen LogP contribution in [0.5, 0.6) is 0 Å². The first kappa shape index (κ1) is 14.5. The SMILES string of the molecule is CC(=O)CC(=O)NCc1ccc(N2CCOCC2)nc1. The molecule has 2 rings (SSSR count). The van der Waals surface area contributed by atoms with Gasteiger partial charge in [0.1, 0.15) is 11.6 Å². The molecule has 1 aromatic rings. The first-order valence-corrected chi connectivity index (χ1v) is 6.69. The second kappa shape index (κ2) is 7.00. The number of hydrogen-bond donors (Lipinski definition) is 1. The molecule has 0 atom stereocenters. The summed E-state index contributed by atoms with van der Waals surface area (Å²) in [6.45, 7) is 4.94. The van der Waals surface area contributed by atoms with Crippen LogP contribution >= 0.6 is 0 Å². The number of morpholine rings is 1. The molecule has 1 amide bonds. The quantitative estimate of drug-likeness (QED) is 0.794. The van der Waals surface area contributed by atoms with Crippen molar-refractivity contribution < 1.29 is 14.3 Å². The topological polar surface area (TPSA) is 71.5 Å². The minimum absolute atomic E-state index is 0.0701. The van der Waals surface area contributed by atoms with Crippen LogP contribution in [0.1, 0.15) is 18.9 Å². The van der Waals surface area contributed by atoms with Crippen molar-refractivity contribution >= 4 is 17.5 Å². The van der Waals surface area contributed by atoms with Gasteiger partial charge in [0, 0.05) is 25.8 Å². The highest BCUT2D eigenvalue weighted by Gasteiger charge is 2.12. The Kier molecular flexibility index (Phi) is 5.06. The zero-order valence-corrected chi connectivity index (χ0v) is 11.6. The number of ether oxygens (including phenoxy) is 1. The molecule has 2 heterocycles. The zero-order chi connectivity index (χ0) is 14.4. The van der Waals surface area contributed by atoms with E-state index in [9.17, 15) is 9.59 Å². The molecular weight excluding hydrogens is 258 g/mol. The van der Waals surface area contributed by atoms with Crippen LogP contribution in [0.3, 0.4) is 0 Å². The summed E-state index contributed by atoms with van der Waals surface area (Å²) in [6.07, 6.45) is 1.68.